The van der Waals surface area contributed by atoms with Gasteiger partial charge in [-0.1, -0.05) is 6.58 Å². The van der Waals surface area contributed by atoms with Crippen molar-refractivity contribution in [3.05, 3.63) is 34.8 Å². The van der Waals surface area contributed by atoms with Gasteiger partial charge in [0.25, 0.3) is 5.56 Å². The third kappa shape index (κ3) is 3.70. The summed E-state index contributed by atoms with van der Waals surface area (Å²) in [5.41, 5.74) is 1.72. The van der Waals surface area contributed by atoms with Crippen molar-refractivity contribution >= 4 is 5.69 Å². The molecule has 0 saturated heterocycles. The Bertz CT molecular complexity index is 449. The standard InChI is InChI=1S/C13H22N4O/c1-5-16(6-2)12-7-13(18)17(15-9-12)10-11(3)8-14-4/h7,9,14H,3,5-6,8,10H2,1-2,4H3. The van der Waals surface area contributed by atoms with Gasteiger partial charge in [0, 0.05) is 25.7 Å². The molecule has 0 atom stereocenters. The first-order chi connectivity index (χ1) is 8.62. The average molecular weight is 250 g/mol. The number of anilines is 1. The van der Waals surface area contributed by atoms with Crippen molar-refractivity contribution < 1.29 is 0 Å². The normalized spacial score (nSPS) is 10.4. The molecule has 0 aromatic carbocycles. The second kappa shape index (κ2) is 6.96. The van der Waals surface area contributed by atoms with Gasteiger partial charge in [-0.3, -0.25) is 4.79 Å². The highest BCUT2D eigenvalue weighted by atomic mass is 16.1. The smallest absolute Gasteiger partial charge is 0.269 e. The Morgan fingerprint density at radius 1 is 1.50 bits per heavy atom. The molecule has 0 spiro atoms. The minimum absolute atomic E-state index is 0.0864. The summed E-state index contributed by atoms with van der Waals surface area (Å²) in [7, 11) is 1.85. The van der Waals surface area contributed by atoms with Gasteiger partial charge in [-0.05, 0) is 26.5 Å². The zero-order valence-electron chi connectivity index (χ0n) is 11.4. The Kier molecular flexibility index (Phi) is 5.58. The first kappa shape index (κ1) is 14.4. The summed E-state index contributed by atoms with van der Waals surface area (Å²) in [6.07, 6.45) is 1.74. The van der Waals surface area contributed by atoms with Crippen molar-refractivity contribution in [1.82, 2.24) is 15.1 Å². The van der Waals surface area contributed by atoms with Gasteiger partial charge in [0.15, 0.2) is 0 Å². The Hall–Kier alpha value is -1.62. The van der Waals surface area contributed by atoms with Crippen molar-refractivity contribution in [3.8, 4) is 0 Å². The van der Waals surface area contributed by atoms with Crippen LogP contribution in [0.3, 0.4) is 0 Å². The van der Waals surface area contributed by atoms with Crippen molar-refractivity contribution in [1.29, 1.82) is 0 Å². The molecule has 100 valence electrons. The largest absolute Gasteiger partial charge is 0.371 e. The summed E-state index contributed by atoms with van der Waals surface area (Å²) in [6.45, 7) is 10.9. The van der Waals surface area contributed by atoms with E-state index in [9.17, 15) is 4.79 Å². The van der Waals surface area contributed by atoms with E-state index in [1.54, 1.807) is 12.3 Å². The molecule has 0 fully saturated rings. The van der Waals surface area contributed by atoms with Gasteiger partial charge in [-0.25, -0.2) is 4.68 Å². The molecule has 0 amide bonds. The number of aromatic nitrogens is 2. The molecular weight excluding hydrogens is 228 g/mol. The van der Waals surface area contributed by atoms with E-state index in [4.69, 9.17) is 0 Å². The number of nitrogens with zero attached hydrogens (tertiary/aromatic N) is 3. The van der Waals surface area contributed by atoms with Gasteiger partial charge in [0.1, 0.15) is 0 Å². The molecule has 0 unspecified atom stereocenters. The number of likely N-dealkylation sites (N-methyl/N-ethyl adjacent to an activating group) is 1. The van der Waals surface area contributed by atoms with Crippen LogP contribution in [0.4, 0.5) is 5.69 Å². The molecule has 1 heterocycles. The Morgan fingerprint density at radius 2 is 2.17 bits per heavy atom. The quantitative estimate of drug-likeness (QED) is 0.729. The van der Waals surface area contributed by atoms with E-state index in [0.717, 1.165) is 24.4 Å². The van der Waals surface area contributed by atoms with Crippen LogP contribution in [-0.4, -0.2) is 36.5 Å². The van der Waals surface area contributed by atoms with Crippen LogP contribution >= 0.6 is 0 Å². The molecule has 0 bridgehead atoms. The minimum atomic E-state index is -0.0864. The molecule has 0 saturated carbocycles. The average Bonchev–Trinajstić information content (AvgIpc) is 2.34. The SMILES string of the molecule is C=C(CNC)Cn1ncc(N(CC)CC)cc1=O. The van der Waals surface area contributed by atoms with Crippen molar-refractivity contribution in [2.45, 2.75) is 20.4 Å². The molecule has 0 radical (unpaired) electrons. The summed E-state index contributed by atoms with van der Waals surface area (Å²) in [6, 6.07) is 1.63. The van der Waals surface area contributed by atoms with Gasteiger partial charge in [0.2, 0.25) is 0 Å². The lowest BCUT2D eigenvalue weighted by Gasteiger charge is -2.20. The predicted molar refractivity (Wildman–Crippen MR) is 75.1 cm³/mol. The number of hydrogen-bond acceptors (Lipinski definition) is 4. The van der Waals surface area contributed by atoms with Crippen LogP contribution in [0, 0.1) is 0 Å². The molecule has 1 rings (SSSR count). The fraction of sp³-hybridized carbons (Fsp3) is 0.538. The van der Waals surface area contributed by atoms with E-state index in [1.807, 2.05) is 7.05 Å². The topological polar surface area (TPSA) is 50.2 Å². The maximum absolute atomic E-state index is 11.9. The summed E-state index contributed by atoms with van der Waals surface area (Å²) < 4.78 is 1.44. The summed E-state index contributed by atoms with van der Waals surface area (Å²) in [5.74, 6) is 0. The van der Waals surface area contributed by atoms with Gasteiger partial charge < -0.3 is 10.2 Å². The van der Waals surface area contributed by atoms with E-state index in [0.29, 0.717) is 13.1 Å². The maximum atomic E-state index is 11.9. The lowest BCUT2D eigenvalue weighted by Crippen LogP contribution is -2.29. The van der Waals surface area contributed by atoms with Crippen LogP contribution < -0.4 is 15.8 Å². The predicted octanol–water partition coefficient (Wildman–Crippen LogP) is 0.865. The first-order valence-corrected chi connectivity index (χ1v) is 6.25. The van der Waals surface area contributed by atoms with E-state index in [2.05, 4.69) is 35.7 Å². The van der Waals surface area contributed by atoms with Crippen molar-refractivity contribution in [2.24, 2.45) is 0 Å². The van der Waals surface area contributed by atoms with Gasteiger partial charge in [-0.2, -0.15) is 5.10 Å². The molecule has 0 aliphatic rings. The number of hydrogen-bond donors (Lipinski definition) is 1. The molecule has 0 aliphatic heterocycles. The third-order valence-electron chi connectivity index (χ3n) is 2.78. The molecule has 0 aliphatic carbocycles. The highest BCUT2D eigenvalue weighted by molar-refractivity contribution is 5.42. The Balaban J connectivity index is 2.86. The van der Waals surface area contributed by atoms with E-state index in [1.165, 1.54) is 4.68 Å². The lowest BCUT2D eigenvalue weighted by molar-refractivity contribution is 0.615. The molecule has 1 aromatic rings. The fourth-order valence-corrected chi connectivity index (χ4v) is 1.82. The summed E-state index contributed by atoms with van der Waals surface area (Å²) >= 11 is 0. The van der Waals surface area contributed by atoms with Crippen LogP contribution in [0.1, 0.15) is 13.8 Å². The fourth-order valence-electron chi connectivity index (χ4n) is 1.82. The van der Waals surface area contributed by atoms with Gasteiger partial charge in [0.05, 0.1) is 18.4 Å². The minimum Gasteiger partial charge on any atom is -0.371 e. The summed E-state index contributed by atoms with van der Waals surface area (Å²) in [4.78, 5) is 14.0. The van der Waals surface area contributed by atoms with Crippen LogP contribution in [-0.2, 0) is 6.54 Å². The summed E-state index contributed by atoms with van der Waals surface area (Å²) in [5, 5.41) is 7.20. The Morgan fingerprint density at radius 3 is 2.67 bits per heavy atom. The van der Waals surface area contributed by atoms with Crippen LogP contribution in [0.2, 0.25) is 0 Å². The highest BCUT2D eigenvalue weighted by Crippen LogP contribution is 2.08. The van der Waals surface area contributed by atoms with E-state index >= 15 is 0 Å². The highest BCUT2D eigenvalue weighted by Gasteiger charge is 2.06. The zero-order chi connectivity index (χ0) is 13.5. The molecule has 1 aromatic heterocycles. The maximum Gasteiger partial charge on any atom is 0.269 e. The first-order valence-electron chi connectivity index (χ1n) is 6.25. The molecule has 5 nitrogen and oxygen atoms in total. The Labute approximate surface area is 108 Å². The van der Waals surface area contributed by atoms with Crippen molar-refractivity contribution in [2.75, 3.05) is 31.6 Å². The molecular formula is C13H22N4O. The molecule has 1 N–H and O–H groups in total. The van der Waals surface area contributed by atoms with Crippen molar-refractivity contribution in [3.63, 3.8) is 0 Å². The van der Waals surface area contributed by atoms with Gasteiger partial charge >= 0.3 is 0 Å². The third-order valence-corrected chi connectivity index (χ3v) is 2.78. The molecule has 18 heavy (non-hydrogen) atoms. The number of rotatable bonds is 7. The van der Waals surface area contributed by atoms with Gasteiger partial charge in [-0.15, -0.1) is 0 Å². The van der Waals surface area contributed by atoms with E-state index in [-0.39, 0.29) is 5.56 Å². The number of nitrogens with one attached hydrogen (secondary N) is 1. The second-order valence-corrected chi connectivity index (χ2v) is 4.16. The lowest BCUT2D eigenvalue weighted by atomic mass is 10.3. The van der Waals surface area contributed by atoms with Crippen LogP contribution in [0.5, 0.6) is 0 Å². The second-order valence-electron chi connectivity index (χ2n) is 4.16. The van der Waals surface area contributed by atoms with Crippen LogP contribution in [0.15, 0.2) is 29.2 Å². The zero-order valence-corrected chi connectivity index (χ0v) is 11.4. The molecule has 5 heteroatoms. The van der Waals surface area contributed by atoms with Crippen LogP contribution in [0.25, 0.3) is 0 Å². The monoisotopic (exact) mass is 250 g/mol. The van der Waals surface area contributed by atoms with E-state index < -0.39 is 0 Å².